The lowest BCUT2D eigenvalue weighted by molar-refractivity contribution is -0.140. The predicted molar refractivity (Wildman–Crippen MR) is 97.2 cm³/mol. The summed E-state index contributed by atoms with van der Waals surface area (Å²) < 4.78 is 0. The molecule has 1 fully saturated rings. The first-order valence-electron chi connectivity index (χ1n) is 8.33. The van der Waals surface area contributed by atoms with Crippen LogP contribution < -0.4 is 16.0 Å². The fraction of sp³-hybridized carbons (Fsp3) is 0.333. The SMILES string of the molecule is C=C(Nc1ccc(NC(C)=O)cc1)[C@@H]1C(=O)NC(=O)N(CCCC)C1=O. The molecule has 1 aromatic carbocycles. The van der Waals surface area contributed by atoms with Crippen molar-refractivity contribution in [1.29, 1.82) is 0 Å². The van der Waals surface area contributed by atoms with E-state index in [0.29, 0.717) is 17.8 Å². The van der Waals surface area contributed by atoms with Crippen LogP contribution in [0.2, 0.25) is 0 Å². The summed E-state index contributed by atoms with van der Waals surface area (Å²) in [6.07, 6.45) is 1.47. The van der Waals surface area contributed by atoms with Gasteiger partial charge < -0.3 is 10.6 Å². The van der Waals surface area contributed by atoms with E-state index in [0.717, 1.165) is 11.3 Å². The first-order chi connectivity index (χ1) is 12.3. The fourth-order valence-corrected chi connectivity index (χ4v) is 2.55. The third kappa shape index (κ3) is 4.47. The highest BCUT2D eigenvalue weighted by Crippen LogP contribution is 2.22. The van der Waals surface area contributed by atoms with Gasteiger partial charge in [0.25, 0.3) is 0 Å². The fourth-order valence-electron chi connectivity index (χ4n) is 2.55. The average Bonchev–Trinajstić information content (AvgIpc) is 2.55. The summed E-state index contributed by atoms with van der Waals surface area (Å²) in [4.78, 5) is 48.6. The average molecular weight is 358 g/mol. The minimum Gasteiger partial charge on any atom is -0.358 e. The van der Waals surface area contributed by atoms with Crippen molar-refractivity contribution < 1.29 is 19.2 Å². The molecule has 3 N–H and O–H groups in total. The highest BCUT2D eigenvalue weighted by atomic mass is 16.2. The van der Waals surface area contributed by atoms with E-state index in [1.165, 1.54) is 6.92 Å². The number of carbonyl (C=O) groups excluding carboxylic acids is 4. The summed E-state index contributed by atoms with van der Waals surface area (Å²) in [5.41, 5.74) is 1.40. The second-order valence-corrected chi connectivity index (χ2v) is 5.98. The molecular weight excluding hydrogens is 336 g/mol. The van der Waals surface area contributed by atoms with Gasteiger partial charge in [0, 0.05) is 30.5 Å². The second-order valence-electron chi connectivity index (χ2n) is 5.98. The maximum absolute atomic E-state index is 12.6. The molecule has 2 rings (SSSR count). The number of imide groups is 2. The van der Waals surface area contributed by atoms with Gasteiger partial charge in [-0.15, -0.1) is 0 Å². The molecule has 0 aliphatic carbocycles. The molecule has 8 nitrogen and oxygen atoms in total. The van der Waals surface area contributed by atoms with Gasteiger partial charge in [-0.05, 0) is 30.7 Å². The quantitative estimate of drug-likeness (QED) is 0.647. The summed E-state index contributed by atoms with van der Waals surface area (Å²) in [6.45, 7) is 7.39. The van der Waals surface area contributed by atoms with Crippen molar-refractivity contribution in [3.63, 3.8) is 0 Å². The second kappa shape index (κ2) is 8.28. The predicted octanol–water partition coefficient (Wildman–Crippen LogP) is 2.07. The molecule has 1 aliphatic heterocycles. The van der Waals surface area contributed by atoms with Gasteiger partial charge in [-0.3, -0.25) is 24.6 Å². The van der Waals surface area contributed by atoms with Crippen molar-refractivity contribution in [2.45, 2.75) is 26.7 Å². The summed E-state index contributed by atoms with van der Waals surface area (Å²) in [5.74, 6) is -2.64. The molecule has 26 heavy (non-hydrogen) atoms. The van der Waals surface area contributed by atoms with Gasteiger partial charge in [-0.2, -0.15) is 0 Å². The van der Waals surface area contributed by atoms with Crippen LogP contribution in [-0.2, 0) is 14.4 Å². The van der Waals surface area contributed by atoms with Crippen molar-refractivity contribution in [1.82, 2.24) is 10.2 Å². The number of benzene rings is 1. The Kier molecular flexibility index (Phi) is 6.11. The molecule has 5 amide bonds. The number of urea groups is 1. The molecule has 0 bridgehead atoms. The van der Waals surface area contributed by atoms with E-state index in [1.54, 1.807) is 24.3 Å². The summed E-state index contributed by atoms with van der Waals surface area (Å²) in [5, 5.41) is 7.75. The molecule has 0 radical (unpaired) electrons. The van der Waals surface area contributed by atoms with Crippen molar-refractivity contribution in [2.24, 2.45) is 5.92 Å². The lowest BCUT2D eigenvalue weighted by Crippen LogP contribution is -2.58. The number of rotatable bonds is 7. The van der Waals surface area contributed by atoms with E-state index < -0.39 is 23.8 Å². The molecule has 1 atom stereocenters. The van der Waals surface area contributed by atoms with Crippen LogP contribution in [0, 0.1) is 5.92 Å². The number of carbonyl (C=O) groups is 4. The van der Waals surface area contributed by atoms with Crippen molar-refractivity contribution in [2.75, 3.05) is 17.2 Å². The number of nitrogens with one attached hydrogen (secondary N) is 3. The molecule has 8 heteroatoms. The number of hydrogen-bond acceptors (Lipinski definition) is 5. The molecule has 1 heterocycles. The summed E-state index contributed by atoms with van der Waals surface area (Å²) in [7, 11) is 0. The molecule has 1 aromatic rings. The Bertz CT molecular complexity index is 742. The van der Waals surface area contributed by atoms with Crippen LogP contribution in [0.4, 0.5) is 16.2 Å². The van der Waals surface area contributed by atoms with Gasteiger partial charge in [-0.1, -0.05) is 19.9 Å². The number of hydrogen-bond donors (Lipinski definition) is 3. The van der Waals surface area contributed by atoms with Crippen molar-refractivity contribution in [3.05, 3.63) is 36.5 Å². The normalized spacial score (nSPS) is 16.9. The highest BCUT2D eigenvalue weighted by Gasteiger charge is 2.41. The number of amides is 5. The van der Waals surface area contributed by atoms with E-state index >= 15 is 0 Å². The first kappa shape index (κ1) is 19.2. The third-order valence-electron chi connectivity index (χ3n) is 3.84. The smallest absolute Gasteiger partial charge is 0.330 e. The zero-order valence-electron chi connectivity index (χ0n) is 14.8. The molecule has 0 saturated carbocycles. The zero-order valence-corrected chi connectivity index (χ0v) is 14.8. The maximum atomic E-state index is 12.6. The molecule has 138 valence electrons. The van der Waals surface area contributed by atoms with Gasteiger partial charge >= 0.3 is 6.03 Å². The Morgan fingerprint density at radius 1 is 1.15 bits per heavy atom. The van der Waals surface area contributed by atoms with Gasteiger partial charge in [0.15, 0.2) is 5.92 Å². The van der Waals surface area contributed by atoms with Gasteiger partial charge in [-0.25, -0.2) is 4.79 Å². The molecule has 1 saturated heterocycles. The Morgan fingerprint density at radius 3 is 2.27 bits per heavy atom. The lowest BCUT2D eigenvalue weighted by Gasteiger charge is -2.31. The van der Waals surface area contributed by atoms with Crippen LogP contribution in [0.25, 0.3) is 0 Å². The Labute approximate surface area is 151 Å². The molecule has 0 unspecified atom stereocenters. The van der Waals surface area contributed by atoms with E-state index in [9.17, 15) is 19.2 Å². The maximum Gasteiger partial charge on any atom is 0.330 e. The van der Waals surface area contributed by atoms with Crippen LogP contribution in [0.3, 0.4) is 0 Å². The number of nitrogens with zero attached hydrogens (tertiary/aromatic N) is 1. The van der Waals surface area contributed by atoms with Gasteiger partial charge in [0.05, 0.1) is 0 Å². The van der Waals surface area contributed by atoms with Crippen LogP contribution >= 0.6 is 0 Å². The Hall–Kier alpha value is -3.16. The summed E-state index contributed by atoms with van der Waals surface area (Å²) >= 11 is 0. The van der Waals surface area contributed by atoms with Crippen LogP contribution in [0.15, 0.2) is 36.5 Å². The lowest BCUT2D eigenvalue weighted by atomic mass is 10.0. The molecule has 0 aromatic heterocycles. The highest BCUT2D eigenvalue weighted by molar-refractivity contribution is 6.17. The van der Waals surface area contributed by atoms with Gasteiger partial charge in [0.2, 0.25) is 17.7 Å². The molecule has 1 aliphatic rings. The minimum absolute atomic E-state index is 0.175. The largest absolute Gasteiger partial charge is 0.358 e. The Balaban J connectivity index is 2.09. The van der Waals surface area contributed by atoms with Crippen LogP contribution in [0.5, 0.6) is 0 Å². The molecular formula is C18H22N4O4. The first-order valence-corrected chi connectivity index (χ1v) is 8.33. The monoisotopic (exact) mass is 358 g/mol. The Morgan fingerprint density at radius 2 is 1.73 bits per heavy atom. The number of barbiturate groups is 1. The number of anilines is 2. The van der Waals surface area contributed by atoms with Crippen molar-refractivity contribution in [3.8, 4) is 0 Å². The number of unbranched alkanes of at least 4 members (excludes halogenated alkanes) is 1. The molecule has 0 spiro atoms. The van der Waals surface area contributed by atoms with Crippen LogP contribution in [0.1, 0.15) is 26.7 Å². The summed E-state index contributed by atoms with van der Waals surface area (Å²) in [6, 6.07) is 6.02. The minimum atomic E-state index is -1.18. The van der Waals surface area contributed by atoms with Gasteiger partial charge in [0.1, 0.15) is 0 Å². The van der Waals surface area contributed by atoms with E-state index in [2.05, 4.69) is 22.5 Å². The zero-order chi connectivity index (χ0) is 19.3. The standard InChI is InChI=1S/C18H22N4O4/c1-4-5-10-22-17(25)15(16(24)21-18(22)26)11(2)19-13-6-8-14(9-7-13)20-12(3)23/h6-9,15,19H,2,4-5,10H2,1,3H3,(H,20,23)(H,21,24,26)/t15-/m1/s1. The van der Waals surface area contributed by atoms with E-state index in [4.69, 9.17) is 0 Å². The van der Waals surface area contributed by atoms with E-state index in [-0.39, 0.29) is 18.1 Å². The van der Waals surface area contributed by atoms with E-state index in [1.807, 2.05) is 6.92 Å². The van der Waals surface area contributed by atoms with Crippen molar-refractivity contribution >= 4 is 35.1 Å². The van der Waals surface area contributed by atoms with Crippen LogP contribution in [-0.4, -0.2) is 35.2 Å². The third-order valence-corrected chi connectivity index (χ3v) is 3.84. The topological polar surface area (TPSA) is 108 Å².